The van der Waals surface area contributed by atoms with Crippen molar-refractivity contribution in [3.8, 4) is 0 Å². The number of hydrogen-bond acceptors (Lipinski definition) is 3. The van der Waals surface area contributed by atoms with E-state index in [0.29, 0.717) is 17.9 Å². The number of rotatable bonds is 3. The number of hydrogen-bond donors (Lipinski definition) is 1. The van der Waals surface area contributed by atoms with Crippen molar-refractivity contribution < 1.29 is 0 Å². The van der Waals surface area contributed by atoms with Crippen LogP contribution < -0.4 is 5.73 Å². The quantitative estimate of drug-likeness (QED) is 0.911. The Morgan fingerprint density at radius 3 is 2.47 bits per heavy atom. The average Bonchev–Trinajstić information content (AvgIpc) is 3.07. The van der Waals surface area contributed by atoms with Crippen molar-refractivity contribution in [2.24, 2.45) is 11.7 Å². The fourth-order valence-electron chi connectivity index (χ4n) is 4.08. The first-order valence-corrected chi connectivity index (χ1v) is 7.92. The summed E-state index contributed by atoms with van der Waals surface area (Å²) in [7, 11) is 0. The van der Waals surface area contributed by atoms with E-state index in [9.17, 15) is 0 Å². The molecule has 0 bridgehead atoms. The van der Waals surface area contributed by atoms with Crippen LogP contribution in [0, 0.1) is 12.8 Å². The summed E-state index contributed by atoms with van der Waals surface area (Å²) >= 11 is 0. The molecule has 2 atom stereocenters. The smallest absolute Gasteiger partial charge is 0.136 e. The predicted octanol–water partition coefficient (Wildman–Crippen LogP) is 2.93. The van der Waals surface area contributed by atoms with Crippen LogP contribution in [-0.2, 0) is 0 Å². The van der Waals surface area contributed by atoms with E-state index in [-0.39, 0.29) is 0 Å². The summed E-state index contributed by atoms with van der Waals surface area (Å²) in [6, 6.07) is 0.644. The van der Waals surface area contributed by atoms with E-state index >= 15 is 0 Å². The summed E-state index contributed by atoms with van der Waals surface area (Å²) in [5, 5.41) is 8.92. The van der Waals surface area contributed by atoms with E-state index in [1.165, 1.54) is 57.2 Å². The molecule has 0 saturated heterocycles. The third kappa shape index (κ3) is 2.42. The van der Waals surface area contributed by atoms with Crippen molar-refractivity contribution in [1.29, 1.82) is 0 Å². The Morgan fingerprint density at radius 1 is 1.05 bits per heavy atom. The second kappa shape index (κ2) is 5.61. The van der Waals surface area contributed by atoms with Crippen LogP contribution in [0.5, 0.6) is 0 Å². The summed E-state index contributed by atoms with van der Waals surface area (Å²) in [5.41, 5.74) is 5.98. The van der Waals surface area contributed by atoms with Gasteiger partial charge in [0, 0.05) is 12.0 Å². The molecular formula is C15H26N4. The molecule has 2 saturated carbocycles. The topological polar surface area (TPSA) is 56.7 Å². The predicted molar refractivity (Wildman–Crippen MR) is 76.0 cm³/mol. The van der Waals surface area contributed by atoms with Gasteiger partial charge in [0.05, 0.1) is 0 Å². The van der Waals surface area contributed by atoms with Crippen molar-refractivity contribution >= 4 is 0 Å². The molecule has 106 valence electrons. The van der Waals surface area contributed by atoms with E-state index in [1.54, 1.807) is 0 Å². The van der Waals surface area contributed by atoms with Gasteiger partial charge in [0.25, 0.3) is 0 Å². The zero-order chi connectivity index (χ0) is 13.2. The molecule has 0 amide bonds. The van der Waals surface area contributed by atoms with Crippen molar-refractivity contribution in [3.05, 3.63) is 11.6 Å². The molecule has 1 aromatic rings. The number of aryl methyl sites for hydroxylation is 1. The minimum atomic E-state index is 0.542. The highest BCUT2D eigenvalue weighted by atomic mass is 15.3. The molecule has 0 aliphatic heterocycles. The molecule has 4 heteroatoms. The van der Waals surface area contributed by atoms with Crippen LogP contribution >= 0.6 is 0 Å². The van der Waals surface area contributed by atoms with Gasteiger partial charge in [-0.2, -0.15) is 0 Å². The van der Waals surface area contributed by atoms with Crippen LogP contribution in [0.1, 0.15) is 75.0 Å². The zero-order valence-electron chi connectivity index (χ0n) is 12.0. The lowest BCUT2D eigenvalue weighted by Gasteiger charge is -2.31. The molecule has 2 N–H and O–H groups in total. The zero-order valence-corrected chi connectivity index (χ0v) is 12.0. The Morgan fingerprint density at radius 2 is 1.74 bits per heavy atom. The Kier molecular flexibility index (Phi) is 3.87. The SMILES string of the molecule is Cc1nnc(C2CCCCC2CN)n1C1CCCC1. The lowest BCUT2D eigenvalue weighted by atomic mass is 9.78. The molecule has 2 aliphatic carbocycles. The lowest BCUT2D eigenvalue weighted by Crippen LogP contribution is -2.28. The van der Waals surface area contributed by atoms with Crippen LogP contribution in [0.2, 0.25) is 0 Å². The minimum absolute atomic E-state index is 0.542. The van der Waals surface area contributed by atoms with Gasteiger partial charge in [-0.3, -0.25) is 0 Å². The van der Waals surface area contributed by atoms with Crippen LogP contribution in [0.4, 0.5) is 0 Å². The summed E-state index contributed by atoms with van der Waals surface area (Å²) in [6.07, 6.45) is 10.5. The van der Waals surface area contributed by atoms with Gasteiger partial charge in [-0.25, -0.2) is 0 Å². The van der Waals surface area contributed by atoms with E-state index < -0.39 is 0 Å². The van der Waals surface area contributed by atoms with Crippen molar-refractivity contribution in [1.82, 2.24) is 14.8 Å². The molecular weight excluding hydrogens is 236 g/mol. The summed E-state index contributed by atoms with van der Waals surface area (Å²) in [5.74, 6) is 3.49. The molecule has 0 spiro atoms. The molecule has 2 unspecified atom stereocenters. The van der Waals surface area contributed by atoms with Crippen molar-refractivity contribution in [2.45, 2.75) is 70.3 Å². The first kappa shape index (κ1) is 13.1. The maximum atomic E-state index is 5.98. The van der Waals surface area contributed by atoms with Gasteiger partial charge in [-0.05, 0) is 45.1 Å². The van der Waals surface area contributed by atoms with Gasteiger partial charge in [-0.1, -0.05) is 25.7 Å². The largest absolute Gasteiger partial charge is 0.330 e. The number of nitrogens with two attached hydrogens (primary N) is 1. The standard InChI is InChI=1S/C15H26N4/c1-11-17-18-15(19(11)13-7-3-4-8-13)14-9-5-2-6-12(14)10-16/h12-14H,2-10,16H2,1H3. The first-order valence-electron chi connectivity index (χ1n) is 7.92. The van der Waals surface area contributed by atoms with Gasteiger partial charge in [0.1, 0.15) is 11.6 Å². The van der Waals surface area contributed by atoms with Gasteiger partial charge in [0.2, 0.25) is 0 Å². The van der Waals surface area contributed by atoms with Gasteiger partial charge < -0.3 is 10.3 Å². The second-order valence-electron chi connectivity index (χ2n) is 6.30. The summed E-state index contributed by atoms with van der Waals surface area (Å²) in [6.45, 7) is 2.90. The molecule has 3 rings (SSSR count). The molecule has 1 aromatic heterocycles. The maximum absolute atomic E-state index is 5.98. The Bertz CT molecular complexity index is 420. The molecule has 2 fully saturated rings. The van der Waals surface area contributed by atoms with Gasteiger partial charge in [0.15, 0.2) is 0 Å². The monoisotopic (exact) mass is 262 g/mol. The lowest BCUT2D eigenvalue weighted by molar-refractivity contribution is 0.291. The maximum Gasteiger partial charge on any atom is 0.136 e. The van der Waals surface area contributed by atoms with E-state index in [0.717, 1.165) is 12.4 Å². The van der Waals surface area contributed by atoms with Crippen LogP contribution in [0.25, 0.3) is 0 Å². The Hall–Kier alpha value is -0.900. The fourth-order valence-corrected chi connectivity index (χ4v) is 4.08. The minimum Gasteiger partial charge on any atom is -0.330 e. The highest BCUT2D eigenvalue weighted by molar-refractivity contribution is 5.07. The van der Waals surface area contributed by atoms with Crippen LogP contribution in [-0.4, -0.2) is 21.3 Å². The Labute approximate surface area is 115 Å². The first-order chi connectivity index (χ1) is 9.31. The molecule has 0 aromatic carbocycles. The van der Waals surface area contributed by atoms with E-state index in [1.807, 2.05) is 0 Å². The molecule has 2 aliphatic rings. The third-order valence-corrected chi connectivity index (χ3v) is 5.13. The van der Waals surface area contributed by atoms with Crippen LogP contribution in [0.15, 0.2) is 0 Å². The van der Waals surface area contributed by atoms with Gasteiger partial charge >= 0.3 is 0 Å². The van der Waals surface area contributed by atoms with E-state index in [2.05, 4.69) is 21.7 Å². The van der Waals surface area contributed by atoms with Crippen molar-refractivity contribution in [2.75, 3.05) is 6.54 Å². The highest BCUT2D eigenvalue weighted by Crippen LogP contribution is 2.39. The molecule has 0 radical (unpaired) electrons. The van der Waals surface area contributed by atoms with Crippen LogP contribution in [0.3, 0.4) is 0 Å². The Balaban J connectivity index is 1.90. The summed E-state index contributed by atoms with van der Waals surface area (Å²) < 4.78 is 2.45. The third-order valence-electron chi connectivity index (χ3n) is 5.13. The molecule has 1 heterocycles. The van der Waals surface area contributed by atoms with E-state index in [4.69, 9.17) is 5.73 Å². The van der Waals surface area contributed by atoms with Gasteiger partial charge in [-0.15, -0.1) is 10.2 Å². The molecule has 4 nitrogen and oxygen atoms in total. The second-order valence-corrected chi connectivity index (χ2v) is 6.30. The van der Waals surface area contributed by atoms with Crippen molar-refractivity contribution in [3.63, 3.8) is 0 Å². The number of nitrogens with zero attached hydrogens (tertiary/aromatic N) is 3. The fraction of sp³-hybridized carbons (Fsp3) is 0.867. The highest BCUT2D eigenvalue weighted by Gasteiger charge is 2.32. The average molecular weight is 262 g/mol. The number of aromatic nitrogens is 3. The molecule has 19 heavy (non-hydrogen) atoms. The normalized spacial score (nSPS) is 28.9. The summed E-state index contributed by atoms with van der Waals surface area (Å²) in [4.78, 5) is 0.